The number of hydrogen-bond donors (Lipinski definition) is 0. The molecular weight excluding hydrogens is 300 g/mol. The van der Waals surface area contributed by atoms with Gasteiger partial charge in [-0.3, -0.25) is 4.79 Å². The Morgan fingerprint density at radius 3 is 2.62 bits per heavy atom. The minimum Gasteiger partial charge on any atom is -0.343 e. The zero-order valence-corrected chi connectivity index (χ0v) is 15.0. The van der Waals surface area contributed by atoms with Crippen molar-refractivity contribution in [1.29, 1.82) is 0 Å². The summed E-state index contributed by atoms with van der Waals surface area (Å²) in [4.78, 5) is 17.3. The molecule has 130 valence electrons. The number of likely N-dealkylation sites (tertiary alicyclic amines) is 1. The standard InChI is InChI=1S/C19H28N4O/c1-19(2,3)16-9-10-18(24)23(13-11-16)14-12-17(21-22-20)15-7-5-4-6-8-15/h4-8,16-17H,9-14H2,1-3H3. The second kappa shape index (κ2) is 8.20. The number of amides is 1. The van der Waals surface area contributed by atoms with Gasteiger partial charge in [0.25, 0.3) is 0 Å². The van der Waals surface area contributed by atoms with Gasteiger partial charge in [0.15, 0.2) is 0 Å². The molecule has 5 heteroatoms. The van der Waals surface area contributed by atoms with Crippen molar-refractivity contribution in [2.75, 3.05) is 13.1 Å². The Morgan fingerprint density at radius 2 is 2.00 bits per heavy atom. The molecule has 1 aliphatic heterocycles. The van der Waals surface area contributed by atoms with Gasteiger partial charge < -0.3 is 4.90 Å². The summed E-state index contributed by atoms with van der Waals surface area (Å²) in [5.41, 5.74) is 10.1. The summed E-state index contributed by atoms with van der Waals surface area (Å²) >= 11 is 0. The van der Waals surface area contributed by atoms with Crippen molar-refractivity contribution in [3.63, 3.8) is 0 Å². The van der Waals surface area contributed by atoms with Crippen molar-refractivity contribution in [1.82, 2.24) is 4.90 Å². The SMILES string of the molecule is CC(C)(C)C1CCC(=O)N(CCC(N=[N+]=[N-])c2ccccc2)CC1. The molecule has 1 fully saturated rings. The molecular formula is C19H28N4O. The van der Waals surface area contributed by atoms with E-state index in [2.05, 4.69) is 30.8 Å². The third-order valence-corrected chi connectivity index (χ3v) is 5.08. The summed E-state index contributed by atoms with van der Waals surface area (Å²) in [6, 6.07) is 9.56. The van der Waals surface area contributed by atoms with E-state index < -0.39 is 0 Å². The van der Waals surface area contributed by atoms with Crippen LogP contribution in [-0.4, -0.2) is 23.9 Å². The van der Waals surface area contributed by atoms with Gasteiger partial charge in [0.2, 0.25) is 5.91 Å². The van der Waals surface area contributed by atoms with Crippen LogP contribution in [0.3, 0.4) is 0 Å². The van der Waals surface area contributed by atoms with Gasteiger partial charge in [-0.2, -0.15) is 0 Å². The van der Waals surface area contributed by atoms with E-state index in [-0.39, 0.29) is 17.4 Å². The quantitative estimate of drug-likeness (QED) is 0.421. The van der Waals surface area contributed by atoms with Crippen molar-refractivity contribution in [3.05, 3.63) is 46.3 Å². The molecule has 0 radical (unpaired) electrons. The number of rotatable bonds is 5. The first-order valence-electron chi connectivity index (χ1n) is 8.78. The van der Waals surface area contributed by atoms with Crippen LogP contribution in [0, 0.1) is 11.3 Å². The van der Waals surface area contributed by atoms with Crippen molar-refractivity contribution >= 4 is 5.91 Å². The molecule has 1 aliphatic rings. The smallest absolute Gasteiger partial charge is 0.222 e. The van der Waals surface area contributed by atoms with Crippen molar-refractivity contribution < 1.29 is 4.79 Å². The van der Waals surface area contributed by atoms with Gasteiger partial charge in [0.1, 0.15) is 0 Å². The largest absolute Gasteiger partial charge is 0.343 e. The first-order chi connectivity index (χ1) is 11.4. The Hall–Kier alpha value is -2.00. The number of carbonyl (C=O) groups is 1. The first kappa shape index (κ1) is 18.3. The van der Waals surface area contributed by atoms with E-state index in [1.54, 1.807) is 0 Å². The Morgan fingerprint density at radius 1 is 1.29 bits per heavy atom. The maximum atomic E-state index is 12.4. The predicted molar refractivity (Wildman–Crippen MR) is 96.3 cm³/mol. The first-order valence-corrected chi connectivity index (χ1v) is 8.78. The van der Waals surface area contributed by atoms with Crippen molar-refractivity contribution in [3.8, 4) is 0 Å². The summed E-state index contributed by atoms with van der Waals surface area (Å²) in [6.07, 6.45) is 3.31. The van der Waals surface area contributed by atoms with Crippen LogP contribution in [0.15, 0.2) is 35.4 Å². The molecule has 1 saturated heterocycles. The molecule has 0 aliphatic carbocycles. The highest BCUT2D eigenvalue weighted by molar-refractivity contribution is 5.76. The number of azide groups is 1. The predicted octanol–water partition coefficient (Wildman–Crippen LogP) is 5.10. The van der Waals surface area contributed by atoms with E-state index in [9.17, 15) is 4.79 Å². The minimum atomic E-state index is -0.217. The number of carbonyl (C=O) groups excluding carboxylic acids is 1. The van der Waals surface area contributed by atoms with E-state index in [1.165, 1.54) is 0 Å². The second-order valence-electron chi connectivity index (χ2n) is 7.69. The average Bonchev–Trinajstić information content (AvgIpc) is 2.74. The minimum absolute atomic E-state index is 0.217. The van der Waals surface area contributed by atoms with Gasteiger partial charge in [0.05, 0.1) is 6.04 Å². The molecule has 1 heterocycles. The average molecular weight is 328 g/mol. The zero-order chi connectivity index (χ0) is 17.6. The molecule has 0 saturated carbocycles. The summed E-state index contributed by atoms with van der Waals surface area (Å²) in [5.74, 6) is 0.808. The third kappa shape index (κ3) is 5.00. The highest BCUT2D eigenvalue weighted by Crippen LogP contribution is 2.34. The van der Waals surface area contributed by atoms with Crippen molar-refractivity contribution in [2.45, 2.75) is 52.5 Å². The molecule has 24 heavy (non-hydrogen) atoms. The summed E-state index contributed by atoms with van der Waals surface area (Å²) < 4.78 is 0. The summed E-state index contributed by atoms with van der Waals surface area (Å²) in [6.45, 7) is 8.22. The van der Waals surface area contributed by atoms with E-state index in [1.807, 2.05) is 35.2 Å². The van der Waals surface area contributed by atoms with E-state index in [0.29, 0.717) is 25.3 Å². The topological polar surface area (TPSA) is 69.1 Å². The van der Waals surface area contributed by atoms with Gasteiger partial charge in [0, 0.05) is 24.4 Å². The monoisotopic (exact) mass is 328 g/mol. The molecule has 1 amide bonds. The fraction of sp³-hybridized carbons (Fsp3) is 0.632. The second-order valence-corrected chi connectivity index (χ2v) is 7.69. The van der Waals surface area contributed by atoms with Crippen LogP contribution < -0.4 is 0 Å². The highest BCUT2D eigenvalue weighted by Gasteiger charge is 2.30. The normalized spacial score (nSPS) is 20.2. The van der Waals surface area contributed by atoms with Gasteiger partial charge in [-0.25, -0.2) is 0 Å². The van der Waals surface area contributed by atoms with Gasteiger partial charge >= 0.3 is 0 Å². The van der Waals surface area contributed by atoms with Crippen molar-refractivity contribution in [2.24, 2.45) is 16.4 Å². The Bertz CT molecular complexity index is 587. The van der Waals surface area contributed by atoms with Crippen LogP contribution in [0.5, 0.6) is 0 Å². The summed E-state index contributed by atoms with van der Waals surface area (Å²) in [5, 5.41) is 3.92. The zero-order valence-electron chi connectivity index (χ0n) is 15.0. The van der Waals surface area contributed by atoms with Crippen LogP contribution >= 0.6 is 0 Å². The van der Waals surface area contributed by atoms with Crippen LogP contribution in [0.4, 0.5) is 0 Å². The van der Waals surface area contributed by atoms with Gasteiger partial charge in [-0.05, 0) is 41.7 Å². The maximum absolute atomic E-state index is 12.4. The summed E-state index contributed by atoms with van der Waals surface area (Å²) in [7, 11) is 0. The van der Waals surface area contributed by atoms with E-state index in [4.69, 9.17) is 5.53 Å². The Kier molecular flexibility index (Phi) is 6.27. The number of benzene rings is 1. The van der Waals surface area contributed by atoms with Crippen LogP contribution in [0.25, 0.3) is 10.4 Å². The van der Waals surface area contributed by atoms with Crippen LogP contribution in [-0.2, 0) is 4.79 Å². The van der Waals surface area contributed by atoms with Crippen LogP contribution in [0.1, 0.15) is 58.1 Å². The molecule has 2 atom stereocenters. The molecule has 0 N–H and O–H groups in total. The van der Waals surface area contributed by atoms with E-state index >= 15 is 0 Å². The lowest BCUT2D eigenvalue weighted by Gasteiger charge is -2.29. The Labute approximate surface area is 144 Å². The molecule has 5 nitrogen and oxygen atoms in total. The molecule has 0 bridgehead atoms. The third-order valence-electron chi connectivity index (χ3n) is 5.08. The molecule has 0 spiro atoms. The van der Waals surface area contributed by atoms with Gasteiger partial charge in [-0.15, -0.1) is 0 Å². The lowest BCUT2D eigenvalue weighted by Crippen LogP contribution is -2.32. The highest BCUT2D eigenvalue weighted by atomic mass is 16.2. The van der Waals surface area contributed by atoms with Crippen LogP contribution in [0.2, 0.25) is 0 Å². The van der Waals surface area contributed by atoms with Gasteiger partial charge in [-0.1, -0.05) is 56.2 Å². The molecule has 0 aromatic heterocycles. The maximum Gasteiger partial charge on any atom is 0.222 e. The lowest BCUT2D eigenvalue weighted by atomic mass is 9.77. The molecule has 2 rings (SSSR count). The molecule has 1 aromatic rings. The number of nitrogens with zero attached hydrogens (tertiary/aromatic N) is 4. The molecule has 2 unspecified atom stereocenters. The fourth-order valence-corrected chi connectivity index (χ4v) is 3.45. The lowest BCUT2D eigenvalue weighted by molar-refractivity contribution is -0.130. The fourth-order valence-electron chi connectivity index (χ4n) is 3.45. The molecule has 1 aromatic carbocycles. The Balaban J connectivity index is 1.99. The number of hydrogen-bond acceptors (Lipinski definition) is 2. The van der Waals surface area contributed by atoms with E-state index in [0.717, 1.165) is 24.9 Å².